The molecule has 1 N–H and O–H groups in total. The molecule has 4 heterocycles. The number of fused-ring (bicyclic) bond motifs is 1. The van der Waals surface area contributed by atoms with Crippen molar-refractivity contribution < 1.29 is 18.5 Å². The smallest absolute Gasteiger partial charge is 0.271 e. The Kier molecular flexibility index (Phi) is 5.54. The molecule has 3 aromatic rings. The maximum atomic E-state index is 13.7. The summed E-state index contributed by atoms with van der Waals surface area (Å²) in [5, 5.41) is 18.7. The number of nitrogens with one attached hydrogen (secondary N) is 1. The van der Waals surface area contributed by atoms with Crippen molar-refractivity contribution in [2.24, 2.45) is 5.41 Å². The Labute approximate surface area is 212 Å². The first-order valence-electron chi connectivity index (χ1n) is 12.7. The first kappa shape index (κ1) is 23.6. The van der Waals surface area contributed by atoms with Crippen molar-refractivity contribution in [3.05, 3.63) is 58.3 Å². The van der Waals surface area contributed by atoms with Crippen molar-refractivity contribution in [2.45, 2.75) is 44.4 Å². The fourth-order valence-electron chi connectivity index (χ4n) is 5.56. The van der Waals surface area contributed by atoms with Crippen molar-refractivity contribution in [1.29, 1.82) is 0 Å². The number of nitro groups is 1. The number of anilines is 3. The van der Waals surface area contributed by atoms with E-state index in [0.717, 1.165) is 31.4 Å². The number of aromatic nitrogens is 2. The quantitative estimate of drug-likeness (QED) is 0.379. The number of piperidine rings is 2. The lowest BCUT2D eigenvalue weighted by molar-refractivity contribution is -0.384. The fourth-order valence-corrected chi connectivity index (χ4v) is 5.56. The first-order chi connectivity index (χ1) is 17.7. The van der Waals surface area contributed by atoms with Crippen LogP contribution in [0, 0.1) is 15.5 Å². The Hall–Kier alpha value is -3.76. The number of carbonyl (C=O) groups is 1. The topological polar surface area (TPSA) is 96.0 Å². The zero-order valence-electron chi connectivity index (χ0n) is 20.3. The van der Waals surface area contributed by atoms with Gasteiger partial charge in [-0.1, -0.05) is 0 Å². The summed E-state index contributed by atoms with van der Waals surface area (Å²) >= 11 is 0. The molecule has 0 bridgehead atoms. The van der Waals surface area contributed by atoms with Crippen molar-refractivity contribution in [2.75, 3.05) is 41.3 Å². The van der Waals surface area contributed by atoms with Gasteiger partial charge in [-0.05, 0) is 49.3 Å². The van der Waals surface area contributed by atoms with Crippen LogP contribution < -0.4 is 15.1 Å². The van der Waals surface area contributed by atoms with Gasteiger partial charge in [0.2, 0.25) is 0 Å². The van der Waals surface area contributed by atoms with E-state index in [9.17, 15) is 23.7 Å². The predicted octanol–water partition coefficient (Wildman–Crippen LogP) is 5.11. The molecule has 0 radical (unpaired) electrons. The third-order valence-corrected chi connectivity index (χ3v) is 8.11. The summed E-state index contributed by atoms with van der Waals surface area (Å²) in [7, 11) is 0. The monoisotopic (exact) mass is 510 g/mol. The number of hydrogen-bond donors (Lipinski definition) is 1. The van der Waals surface area contributed by atoms with E-state index >= 15 is 0 Å². The van der Waals surface area contributed by atoms with Crippen LogP contribution in [-0.2, 0) is 0 Å². The lowest BCUT2D eigenvalue weighted by Crippen LogP contribution is -2.40. The normalized spacial score (nSPS) is 20.3. The van der Waals surface area contributed by atoms with Crippen LogP contribution in [0.25, 0.3) is 5.52 Å². The molecule has 6 rings (SSSR count). The summed E-state index contributed by atoms with van der Waals surface area (Å²) in [4.78, 5) is 28.5. The van der Waals surface area contributed by atoms with E-state index in [1.165, 1.54) is 31.0 Å². The molecule has 0 unspecified atom stereocenters. The van der Waals surface area contributed by atoms with E-state index in [0.29, 0.717) is 28.2 Å². The number of rotatable bonds is 5. The summed E-state index contributed by atoms with van der Waals surface area (Å²) in [6.07, 6.45) is 5.65. The minimum absolute atomic E-state index is 0.0527. The molecule has 1 aliphatic carbocycles. The molecule has 2 aromatic heterocycles. The Bertz CT molecular complexity index is 1370. The average Bonchev–Trinajstić information content (AvgIpc) is 3.45. The third-order valence-electron chi connectivity index (χ3n) is 8.11. The zero-order valence-corrected chi connectivity index (χ0v) is 20.3. The standard InChI is InChI=1S/C26H28F2N6O3/c27-26(28)8-13-32(14-9-26)23-16-18(15-19-3-10-29-33(19)23)30-24(35)21-2-1-20(34(36)37)17-22(21)31-11-6-25(4-5-25)7-12-31/h1-3,10,15-17H,4-9,11-14H2,(H,30,35). The van der Waals surface area contributed by atoms with Crippen molar-refractivity contribution in [1.82, 2.24) is 9.61 Å². The Morgan fingerprint density at radius 1 is 0.946 bits per heavy atom. The lowest BCUT2D eigenvalue weighted by Gasteiger charge is -2.34. The minimum Gasteiger partial charge on any atom is -0.371 e. The second kappa shape index (κ2) is 8.67. The maximum absolute atomic E-state index is 13.7. The minimum atomic E-state index is -2.68. The van der Waals surface area contributed by atoms with Crippen LogP contribution in [0.2, 0.25) is 0 Å². The van der Waals surface area contributed by atoms with Gasteiger partial charge >= 0.3 is 0 Å². The second-order valence-corrected chi connectivity index (χ2v) is 10.5. The number of hydrogen-bond acceptors (Lipinski definition) is 6. The SMILES string of the molecule is O=C(Nc1cc(N2CCC(F)(F)CC2)n2nccc2c1)c1ccc([N+](=O)[O-])cc1N1CCC2(CC1)CC2. The van der Waals surface area contributed by atoms with Crippen molar-refractivity contribution >= 4 is 34.3 Å². The summed E-state index contributed by atoms with van der Waals surface area (Å²) in [5.74, 6) is -2.43. The summed E-state index contributed by atoms with van der Waals surface area (Å²) < 4.78 is 29.2. The van der Waals surface area contributed by atoms with Gasteiger partial charge in [0.25, 0.3) is 17.5 Å². The van der Waals surface area contributed by atoms with Gasteiger partial charge in [0.1, 0.15) is 5.82 Å². The molecule has 2 saturated heterocycles. The third kappa shape index (κ3) is 4.58. The van der Waals surface area contributed by atoms with Crippen LogP contribution in [0.3, 0.4) is 0 Å². The molecule has 2 aliphatic heterocycles. The van der Waals surface area contributed by atoms with Gasteiger partial charge in [-0.3, -0.25) is 14.9 Å². The largest absolute Gasteiger partial charge is 0.371 e. The average molecular weight is 511 g/mol. The van der Waals surface area contributed by atoms with Crippen LogP contribution in [0.5, 0.6) is 0 Å². The predicted molar refractivity (Wildman–Crippen MR) is 136 cm³/mol. The molecule has 1 aromatic carbocycles. The number of pyridine rings is 1. The molecule has 37 heavy (non-hydrogen) atoms. The number of halogens is 2. The highest BCUT2D eigenvalue weighted by molar-refractivity contribution is 6.08. The molecule has 0 atom stereocenters. The van der Waals surface area contributed by atoms with E-state index in [1.54, 1.807) is 28.9 Å². The number of nitro benzene ring substituents is 1. The van der Waals surface area contributed by atoms with Crippen LogP contribution in [0.1, 0.15) is 48.9 Å². The zero-order chi connectivity index (χ0) is 25.8. The van der Waals surface area contributed by atoms with E-state index in [1.807, 2.05) is 4.90 Å². The molecule has 194 valence electrons. The highest BCUT2D eigenvalue weighted by Crippen LogP contribution is 2.54. The number of non-ortho nitro benzene ring substituents is 1. The van der Waals surface area contributed by atoms with Gasteiger partial charge in [-0.25, -0.2) is 13.3 Å². The fraction of sp³-hybridized carbons (Fsp3) is 0.462. The van der Waals surface area contributed by atoms with E-state index < -0.39 is 10.8 Å². The molecule has 3 aliphatic rings. The number of nitrogens with zero attached hydrogens (tertiary/aromatic N) is 5. The molecule has 9 nitrogen and oxygen atoms in total. The van der Waals surface area contributed by atoms with Crippen LogP contribution in [0.4, 0.5) is 31.7 Å². The number of alkyl halides is 2. The summed E-state index contributed by atoms with van der Waals surface area (Å²) in [5.41, 5.74) is 2.53. The number of amides is 1. The molecular weight excluding hydrogens is 482 g/mol. The molecule has 1 spiro atoms. The van der Waals surface area contributed by atoms with E-state index in [-0.39, 0.29) is 37.5 Å². The van der Waals surface area contributed by atoms with Gasteiger partial charge in [0, 0.05) is 62.9 Å². The van der Waals surface area contributed by atoms with Crippen molar-refractivity contribution in [3.8, 4) is 0 Å². The van der Waals surface area contributed by atoms with Crippen LogP contribution >= 0.6 is 0 Å². The number of carbonyl (C=O) groups excluding carboxylic acids is 1. The first-order valence-corrected chi connectivity index (χ1v) is 12.7. The van der Waals surface area contributed by atoms with E-state index in [4.69, 9.17) is 0 Å². The Balaban J connectivity index is 1.29. The lowest BCUT2D eigenvalue weighted by atomic mass is 9.93. The Morgan fingerprint density at radius 2 is 1.65 bits per heavy atom. The van der Waals surface area contributed by atoms with Crippen LogP contribution in [0.15, 0.2) is 42.6 Å². The second-order valence-electron chi connectivity index (χ2n) is 10.5. The van der Waals surface area contributed by atoms with Gasteiger partial charge in [0.05, 0.1) is 27.9 Å². The molecule has 1 amide bonds. The highest BCUT2D eigenvalue weighted by Gasteiger charge is 2.44. The summed E-state index contributed by atoms with van der Waals surface area (Å²) in [6, 6.07) is 9.65. The molecular formula is C26H28F2N6O3. The van der Waals surface area contributed by atoms with Gasteiger partial charge in [-0.2, -0.15) is 5.10 Å². The highest BCUT2D eigenvalue weighted by atomic mass is 19.3. The van der Waals surface area contributed by atoms with Gasteiger partial charge < -0.3 is 15.1 Å². The number of benzene rings is 1. The van der Waals surface area contributed by atoms with Gasteiger partial charge in [-0.15, -0.1) is 0 Å². The maximum Gasteiger partial charge on any atom is 0.271 e. The van der Waals surface area contributed by atoms with Gasteiger partial charge in [0.15, 0.2) is 0 Å². The molecule has 3 fully saturated rings. The van der Waals surface area contributed by atoms with E-state index in [2.05, 4.69) is 15.3 Å². The van der Waals surface area contributed by atoms with Crippen molar-refractivity contribution in [3.63, 3.8) is 0 Å². The molecule has 1 saturated carbocycles. The summed E-state index contributed by atoms with van der Waals surface area (Å²) in [6.45, 7) is 1.88. The van der Waals surface area contributed by atoms with Crippen LogP contribution in [-0.4, -0.2) is 52.5 Å². The Morgan fingerprint density at radius 3 is 2.32 bits per heavy atom. The molecule has 11 heteroatoms.